The molecule has 0 unspecified atom stereocenters. The van der Waals surface area contributed by atoms with Crippen molar-refractivity contribution in [2.24, 2.45) is 0 Å². The minimum Gasteiger partial charge on any atom is -0.337 e. The van der Waals surface area contributed by atoms with Crippen molar-refractivity contribution in [3.05, 3.63) is 28.2 Å². The number of likely N-dealkylation sites (tertiary alicyclic amines) is 1. The van der Waals surface area contributed by atoms with E-state index in [1.54, 1.807) is 11.8 Å². The van der Waals surface area contributed by atoms with Gasteiger partial charge in [-0.2, -0.15) is 5.10 Å². The Labute approximate surface area is 122 Å². The van der Waals surface area contributed by atoms with Crippen molar-refractivity contribution < 1.29 is 13.2 Å². The quantitative estimate of drug-likeness (QED) is 0.764. The maximum absolute atomic E-state index is 12.2. The van der Waals surface area contributed by atoms with E-state index in [1.807, 2.05) is 0 Å². The minimum absolute atomic E-state index is 0.0491. The highest BCUT2D eigenvalue weighted by Gasteiger charge is 2.26. The van der Waals surface area contributed by atoms with Crippen LogP contribution in [0.1, 0.15) is 30.3 Å². The van der Waals surface area contributed by atoms with E-state index < -0.39 is 10.0 Å². The van der Waals surface area contributed by atoms with Gasteiger partial charge in [-0.05, 0) is 25.8 Å². The lowest BCUT2D eigenvalue weighted by Crippen LogP contribution is -2.47. The number of nitrogens with zero attached hydrogens (tertiary/aromatic N) is 2. The topological polar surface area (TPSA) is 112 Å². The van der Waals surface area contributed by atoms with Crippen LogP contribution in [0.25, 0.3) is 0 Å². The van der Waals surface area contributed by atoms with Gasteiger partial charge < -0.3 is 4.90 Å². The number of rotatable bonds is 4. The van der Waals surface area contributed by atoms with Crippen LogP contribution < -0.4 is 10.3 Å². The van der Waals surface area contributed by atoms with Gasteiger partial charge in [-0.1, -0.05) is 0 Å². The van der Waals surface area contributed by atoms with E-state index in [9.17, 15) is 18.0 Å². The molecular weight excluding hydrogens is 296 g/mol. The second kappa shape index (κ2) is 6.35. The molecule has 0 aliphatic carbocycles. The van der Waals surface area contributed by atoms with Crippen LogP contribution >= 0.6 is 0 Å². The lowest BCUT2D eigenvalue weighted by molar-refractivity contribution is 0.0704. The molecule has 2 heterocycles. The first-order valence-corrected chi connectivity index (χ1v) is 8.41. The molecule has 2 rings (SSSR count). The van der Waals surface area contributed by atoms with E-state index in [2.05, 4.69) is 14.9 Å². The number of sulfonamides is 1. The summed E-state index contributed by atoms with van der Waals surface area (Å²) in [5, 5.41) is 5.93. The van der Waals surface area contributed by atoms with Gasteiger partial charge in [0.25, 0.3) is 11.5 Å². The van der Waals surface area contributed by atoms with Crippen LogP contribution in [-0.4, -0.2) is 54.3 Å². The smallest absolute Gasteiger partial charge is 0.274 e. The Balaban J connectivity index is 1.93. The average Bonchev–Trinajstić information content (AvgIpc) is 2.48. The first-order chi connectivity index (χ1) is 9.91. The van der Waals surface area contributed by atoms with E-state index in [4.69, 9.17) is 0 Å². The number of piperidine rings is 1. The number of nitrogens with one attached hydrogen (secondary N) is 2. The highest BCUT2D eigenvalue weighted by Crippen LogP contribution is 2.13. The fraction of sp³-hybridized carbons (Fsp3) is 0.583. The Hall–Kier alpha value is -1.74. The third kappa shape index (κ3) is 4.11. The Morgan fingerprint density at radius 2 is 2.10 bits per heavy atom. The molecule has 1 fully saturated rings. The van der Waals surface area contributed by atoms with Crippen molar-refractivity contribution in [3.63, 3.8) is 0 Å². The summed E-state index contributed by atoms with van der Waals surface area (Å²) in [4.78, 5) is 24.7. The zero-order valence-electron chi connectivity index (χ0n) is 11.7. The van der Waals surface area contributed by atoms with Crippen molar-refractivity contribution in [2.75, 3.05) is 18.8 Å². The Morgan fingerprint density at radius 1 is 1.43 bits per heavy atom. The second-order valence-corrected chi connectivity index (χ2v) is 6.94. The molecule has 0 aromatic carbocycles. The molecule has 0 radical (unpaired) electrons. The first-order valence-electron chi connectivity index (χ1n) is 6.76. The monoisotopic (exact) mass is 314 g/mol. The second-order valence-electron chi connectivity index (χ2n) is 4.89. The van der Waals surface area contributed by atoms with Crippen molar-refractivity contribution in [1.29, 1.82) is 0 Å². The SMILES string of the molecule is CCS(=O)(=O)NC1CCN(C(=O)c2ccc(=O)[nH]n2)CC1. The van der Waals surface area contributed by atoms with Gasteiger partial charge in [0.2, 0.25) is 10.0 Å². The molecule has 1 aliphatic rings. The number of amides is 1. The number of aromatic amines is 1. The number of carbonyl (C=O) groups excluding carboxylic acids is 1. The summed E-state index contributed by atoms with van der Waals surface area (Å²) in [6.45, 7) is 2.50. The molecule has 0 bridgehead atoms. The minimum atomic E-state index is -3.22. The summed E-state index contributed by atoms with van der Waals surface area (Å²) >= 11 is 0. The summed E-state index contributed by atoms with van der Waals surface area (Å²) in [7, 11) is -3.22. The summed E-state index contributed by atoms with van der Waals surface area (Å²) in [5.41, 5.74) is -0.179. The Kier molecular flexibility index (Phi) is 4.73. The van der Waals surface area contributed by atoms with Crippen molar-refractivity contribution >= 4 is 15.9 Å². The summed E-state index contributed by atoms with van der Waals surface area (Å²) in [6, 6.07) is 2.50. The average molecular weight is 314 g/mol. The lowest BCUT2D eigenvalue weighted by Gasteiger charge is -2.31. The highest BCUT2D eigenvalue weighted by molar-refractivity contribution is 7.89. The molecule has 1 saturated heterocycles. The molecule has 0 saturated carbocycles. The molecule has 21 heavy (non-hydrogen) atoms. The molecule has 1 aliphatic heterocycles. The van der Waals surface area contributed by atoms with Gasteiger partial charge in [0.05, 0.1) is 5.75 Å². The molecule has 116 valence electrons. The van der Waals surface area contributed by atoms with Crippen molar-refractivity contribution in [2.45, 2.75) is 25.8 Å². The summed E-state index contributed by atoms with van der Waals surface area (Å²) in [6.07, 6.45) is 1.13. The van der Waals surface area contributed by atoms with Crippen LogP contribution in [0.15, 0.2) is 16.9 Å². The fourth-order valence-corrected chi connectivity index (χ4v) is 3.07. The molecule has 8 nitrogen and oxygen atoms in total. The third-order valence-electron chi connectivity index (χ3n) is 3.41. The van der Waals surface area contributed by atoms with Gasteiger partial charge in [0.15, 0.2) is 0 Å². The zero-order valence-corrected chi connectivity index (χ0v) is 12.5. The van der Waals surface area contributed by atoms with E-state index >= 15 is 0 Å². The van der Waals surface area contributed by atoms with Crippen molar-refractivity contribution in [3.8, 4) is 0 Å². The highest BCUT2D eigenvalue weighted by atomic mass is 32.2. The van der Waals surface area contributed by atoms with Gasteiger partial charge in [0, 0.05) is 25.2 Å². The number of H-pyrrole nitrogens is 1. The maximum atomic E-state index is 12.2. The molecule has 1 aromatic heterocycles. The van der Waals surface area contributed by atoms with Crippen molar-refractivity contribution in [1.82, 2.24) is 19.8 Å². The third-order valence-corrected chi connectivity index (χ3v) is 4.86. The van der Waals surface area contributed by atoms with Crippen LogP contribution in [0.5, 0.6) is 0 Å². The van der Waals surface area contributed by atoms with E-state index in [0.29, 0.717) is 25.9 Å². The molecular formula is C12H18N4O4S. The van der Waals surface area contributed by atoms with Gasteiger partial charge in [0.1, 0.15) is 5.69 Å². The first kappa shape index (κ1) is 15.6. The van der Waals surface area contributed by atoms with Gasteiger partial charge in [-0.25, -0.2) is 18.2 Å². The van der Waals surface area contributed by atoms with Crippen LogP contribution in [0.4, 0.5) is 0 Å². The van der Waals surface area contributed by atoms with Gasteiger partial charge in [-0.3, -0.25) is 9.59 Å². The molecule has 0 atom stereocenters. The number of carbonyl (C=O) groups is 1. The standard InChI is InChI=1S/C12H18N4O4S/c1-2-21(19,20)15-9-5-7-16(8-6-9)12(18)10-3-4-11(17)14-13-10/h3-4,9,15H,2,5-8H2,1H3,(H,14,17). The number of aromatic nitrogens is 2. The normalized spacial score (nSPS) is 16.9. The number of hydrogen-bond donors (Lipinski definition) is 2. The Morgan fingerprint density at radius 3 is 2.62 bits per heavy atom. The van der Waals surface area contributed by atoms with E-state index in [0.717, 1.165) is 0 Å². The molecule has 9 heteroatoms. The van der Waals surface area contributed by atoms with Crippen LogP contribution in [0.3, 0.4) is 0 Å². The van der Waals surface area contributed by atoms with Gasteiger partial charge >= 0.3 is 0 Å². The maximum Gasteiger partial charge on any atom is 0.274 e. The Bertz CT molecular complexity index is 642. The van der Waals surface area contributed by atoms with Crippen LogP contribution in [-0.2, 0) is 10.0 Å². The molecule has 1 aromatic rings. The predicted octanol–water partition coefficient (Wildman–Crippen LogP) is -0.686. The van der Waals surface area contributed by atoms with Crippen LogP contribution in [0, 0.1) is 0 Å². The molecule has 2 N–H and O–H groups in total. The van der Waals surface area contributed by atoms with Crippen LogP contribution in [0.2, 0.25) is 0 Å². The fourth-order valence-electron chi connectivity index (χ4n) is 2.16. The molecule has 1 amide bonds. The number of hydrogen-bond acceptors (Lipinski definition) is 5. The predicted molar refractivity (Wildman–Crippen MR) is 76.4 cm³/mol. The largest absolute Gasteiger partial charge is 0.337 e. The van der Waals surface area contributed by atoms with E-state index in [1.165, 1.54) is 12.1 Å². The zero-order chi connectivity index (χ0) is 15.5. The van der Waals surface area contributed by atoms with E-state index in [-0.39, 0.29) is 29.0 Å². The molecule has 0 spiro atoms. The van der Waals surface area contributed by atoms with Gasteiger partial charge in [-0.15, -0.1) is 0 Å². The lowest BCUT2D eigenvalue weighted by atomic mass is 10.1. The summed E-state index contributed by atoms with van der Waals surface area (Å²) < 4.78 is 25.6. The summed E-state index contributed by atoms with van der Waals surface area (Å²) in [5.74, 6) is -0.212.